The maximum absolute atomic E-state index is 12.9. The Bertz CT molecular complexity index is 1080. The third kappa shape index (κ3) is 2.20. The maximum atomic E-state index is 12.9. The van der Waals surface area contributed by atoms with E-state index >= 15 is 0 Å². The third-order valence-electron chi connectivity index (χ3n) is 3.94. The van der Waals surface area contributed by atoms with E-state index in [1.165, 1.54) is 36.9 Å². The van der Waals surface area contributed by atoms with Crippen molar-refractivity contribution in [2.75, 3.05) is 0 Å². The highest BCUT2D eigenvalue weighted by Gasteiger charge is 2.34. The molecule has 126 valence electrons. The van der Waals surface area contributed by atoms with E-state index in [1.54, 1.807) is 4.20 Å². The van der Waals surface area contributed by atoms with Crippen molar-refractivity contribution in [3.05, 3.63) is 49.7 Å². The standard InChI is InChI=1S/C14H9N5O5S/c1-6-11(20)9-5-25-10-4-7(19(21)22)2-3-8(10)13(9)24(23)12(6)14-15-17-18-16-14/h2-4H,5H2,1H3,(H,15,16,17,18). The van der Waals surface area contributed by atoms with Gasteiger partial charge in [-0.15, -0.1) is 16.9 Å². The Morgan fingerprint density at radius 1 is 1.36 bits per heavy atom. The Labute approximate surface area is 143 Å². The van der Waals surface area contributed by atoms with Crippen LogP contribution in [0.25, 0.3) is 22.9 Å². The van der Waals surface area contributed by atoms with Gasteiger partial charge in [-0.05, 0) is 18.2 Å². The van der Waals surface area contributed by atoms with Crippen molar-refractivity contribution in [2.24, 2.45) is 0 Å². The van der Waals surface area contributed by atoms with Gasteiger partial charge in [0.2, 0.25) is 5.43 Å². The summed E-state index contributed by atoms with van der Waals surface area (Å²) in [6.45, 7) is 1.52. The second kappa shape index (κ2) is 5.41. The number of aromatic amines is 1. The van der Waals surface area contributed by atoms with E-state index in [2.05, 4.69) is 20.6 Å². The number of nitrogens with zero attached hydrogens (tertiary/aromatic N) is 4. The molecule has 25 heavy (non-hydrogen) atoms. The van der Waals surface area contributed by atoms with Crippen molar-refractivity contribution in [1.82, 2.24) is 20.6 Å². The predicted molar refractivity (Wildman–Crippen MR) is 84.5 cm³/mol. The number of H-pyrrole nitrogens is 1. The number of fused-ring (bicyclic) bond motifs is 3. The second-order valence-electron chi connectivity index (χ2n) is 5.32. The van der Waals surface area contributed by atoms with E-state index < -0.39 is 4.92 Å². The molecule has 0 unspecified atom stereocenters. The summed E-state index contributed by atoms with van der Waals surface area (Å²) >= 11 is 1.28. The number of nitrogens with one attached hydrogen (secondary N) is 1. The molecule has 0 spiro atoms. The Balaban J connectivity index is 2.04. The van der Waals surface area contributed by atoms with E-state index in [4.69, 9.17) is 0 Å². The molecule has 0 radical (unpaired) electrons. The van der Waals surface area contributed by atoms with Crippen molar-refractivity contribution >= 4 is 17.4 Å². The summed E-state index contributed by atoms with van der Waals surface area (Å²) in [5.74, 6) is 0.261. The molecular weight excluding hydrogens is 350 g/mol. The molecule has 0 amide bonds. The van der Waals surface area contributed by atoms with Crippen LogP contribution >= 0.6 is 11.8 Å². The maximum Gasteiger partial charge on any atom is 0.337 e. The van der Waals surface area contributed by atoms with Crippen LogP contribution in [0.3, 0.4) is 0 Å². The van der Waals surface area contributed by atoms with E-state index in [0.717, 1.165) is 0 Å². The van der Waals surface area contributed by atoms with Crippen LogP contribution in [-0.4, -0.2) is 25.5 Å². The number of hydrogen-bond donors (Lipinski definition) is 1. The van der Waals surface area contributed by atoms with Crippen LogP contribution in [0.1, 0.15) is 11.1 Å². The van der Waals surface area contributed by atoms with Gasteiger partial charge in [0.25, 0.3) is 17.3 Å². The van der Waals surface area contributed by atoms with Gasteiger partial charge < -0.3 is 9.46 Å². The number of hydrogen-bond acceptors (Lipinski definition) is 8. The lowest BCUT2D eigenvalue weighted by Crippen LogP contribution is -2.22. The lowest BCUT2D eigenvalue weighted by atomic mass is 10.0. The molecule has 0 saturated carbocycles. The van der Waals surface area contributed by atoms with Crippen molar-refractivity contribution in [2.45, 2.75) is 17.6 Å². The van der Waals surface area contributed by atoms with Gasteiger partial charge in [0.1, 0.15) is 5.56 Å². The molecule has 0 saturated heterocycles. The molecule has 1 aliphatic rings. The first-order chi connectivity index (χ1) is 12.0. The molecular formula is C14H9N5O5S. The van der Waals surface area contributed by atoms with Gasteiger partial charge in [-0.3, -0.25) is 14.9 Å². The quantitative estimate of drug-likeness (QED) is 0.310. The zero-order valence-electron chi connectivity index (χ0n) is 12.7. The minimum Gasteiger partial charge on any atom is -0.555 e. The first-order valence-electron chi connectivity index (χ1n) is 7.05. The Morgan fingerprint density at radius 3 is 2.84 bits per heavy atom. The summed E-state index contributed by atoms with van der Waals surface area (Å²) in [5, 5.41) is 37.0. The summed E-state index contributed by atoms with van der Waals surface area (Å²) in [4.78, 5) is 23.7. The highest BCUT2D eigenvalue weighted by atomic mass is 32.2. The predicted octanol–water partition coefficient (Wildman–Crippen LogP) is 1.12. The van der Waals surface area contributed by atoms with Crippen molar-refractivity contribution in [3.8, 4) is 22.9 Å². The average Bonchev–Trinajstić information content (AvgIpc) is 3.12. The second-order valence-corrected chi connectivity index (χ2v) is 6.34. The average molecular weight is 359 g/mol. The summed E-state index contributed by atoms with van der Waals surface area (Å²) in [7, 11) is 0. The molecule has 1 N–H and O–H groups in total. The first kappa shape index (κ1) is 15.3. The van der Waals surface area contributed by atoms with Gasteiger partial charge in [0.05, 0.1) is 16.1 Å². The van der Waals surface area contributed by atoms with Crippen LogP contribution in [0, 0.1) is 17.0 Å². The Hall–Kier alpha value is -3.21. The largest absolute Gasteiger partial charge is 0.555 e. The van der Waals surface area contributed by atoms with Crippen LogP contribution in [0.15, 0.2) is 32.1 Å². The lowest BCUT2D eigenvalue weighted by Gasteiger charge is -2.21. The van der Waals surface area contributed by atoms with Crippen LogP contribution in [0.4, 0.5) is 5.69 Å². The summed E-state index contributed by atoms with van der Waals surface area (Å²) < 4.78 is 1.60. The van der Waals surface area contributed by atoms with Crippen LogP contribution in [-0.2, 0) is 5.75 Å². The monoisotopic (exact) mass is 359 g/mol. The number of tetrazole rings is 1. The van der Waals surface area contributed by atoms with E-state index in [9.17, 15) is 20.2 Å². The number of nitro groups is 1. The number of thioether (sulfide) groups is 1. The van der Waals surface area contributed by atoms with E-state index in [-0.39, 0.29) is 39.8 Å². The fourth-order valence-electron chi connectivity index (χ4n) is 2.77. The molecule has 11 heteroatoms. The topological polar surface area (TPSA) is 140 Å². The van der Waals surface area contributed by atoms with Crippen molar-refractivity contribution < 1.29 is 14.4 Å². The van der Waals surface area contributed by atoms with Gasteiger partial charge in [0, 0.05) is 22.8 Å². The molecule has 0 atom stereocenters. The molecule has 0 fully saturated rings. The lowest BCUT2D eigenvalue weighted by molar-refractivity contribution is -0.690. The number of rotatable bonds is 2. The SMILES string of the molecule is Cc1c(-c2nn[nH]n2)[o+]([O-])c2c(c1=O)CSc1cc([N+](=O)[O-])ccc1-2. The molecule has 1 aromatic carbocycles. The number of non-ortho nitro benzene ring substituents is 1. The molecule has 3 heterocycles. The molecule has 0 bridgehead atoms. The zero-order valence-corrected chi connectivity index (χ0v) is 13.5. The highest BCUT2D eigenvalue weighted by molar-refractivity contribution is 7.98. The third-order valence-corrected chi connectivity index (χ3v) is 5.02. The molecule has 3 aromatic rings. The van der Waals surface area contributed by atoms with Crippen LogP contribution in [0.5, 0.6) is 0 Å². The van der Waals surface area contributed by atoms with E-state index in [0.29, 0.717) is 16.0 Å². The Morgan fingerprint density at radius 2 is 2.16 bits per heavy atom. The molecule has 2 aromatic heterocycles. The Kier molecular flexibility index (Phi) is 3.32. The van der Waals surface area contributed by atoms with Gasteiger partial charge in [0.15, 0.2) is 0 Å². The highest BCUT2D eigenvalue weighted by Crippen LogP contribution is 2.44. The van der Waals surface area contributed by atoms with Gasteiger partial charge in [-0.1, -0.05) is 5.10 Å². The van der Waals surface area contributed by atoms with Crippen molar-refractivity contribution in [1.29, 1.82) is 0 Å². The van der Waals surface area contributed by atoms with Crippen molar-refractivity contribution in [3.63, 3.8) is 0 Å². The summed E-state index contributed by atoms with van der Waals surface area (Å²) in [6, 6.07) is 4.16. The molecule has 10 nitrogen and oxygen atoms in total. The zero-order chi connectivity index (χ0) is 17.7. The first-order valence-corrected chi connectivity index (χ1v) is 8.03. The van der Waals surface area contributed by atoms with Crippen LogP contribution in [0.2, 0.25) is 0 Å². The smallest absolute Gasteiger partial charge is 0.337 e. The molecule has 0 aliphatic carbocycles. The minimum atomic E-state index is -0.506. The number of benzene rings is 1. The van der Waals surface area contributed by atoms with E-state index in [1.807, 2.05) is 0 Å². The minimum absolute atomic E-state index is 0.0147. The van der Waals surface area contributed by atoms with Crippen LogP contribution < -0.4 is 10.7 Å². The van der Waals surface area contributed by atoms with Gasteiger partial charge in [-0.25, -0.2) is 0 Å². The summed E-state index contributed by atoms with van der Waals surface area (Å²) in [5.41, 5.74) is 0.608. The van der Waals surface area contributed by atoms with Gasteiger partial charge in [-0.2, -0.15) is 5.21 Å². The fraction of sp³-hybridized carbons (Fsp3) is 0.143. The molecule has 4 rings (SSSR count). The number of nitro benzene ring substituents is 1. The van der Waals surface area contributed by atoms with Gasteiger partial charge >= 0.3 is 5.76 Å². The molecule has 1 aliphatic heterocycles. The summed E-state index contributed by atoms with van der Waals surface area (Å²) in [6.07, 6.45) is 0. The number of aromatic nitrogens is 4. The normalized spacial score (nSPS) is 12.5. The fourth-order valence-corrected chi connectivity index (χ4v) is 3.85.